The Balaban J connectivity index is 1.98. The van der Waals surface area contributed by atoms with E-state index in [9.17, 15) is 9.59 Å². The first-order chi connectivity index (χ1) is 13.2. The maximum atomic E-state index is 13.1. The topological polar surface area (TPSA) is 77.1 Å². The minimum atomic E-state index is -0.612. The molecule has 0 bridgehead atoms. The van der Waals surface area contributed by atoms with Crippen LogP contribution in [0.15, 0.2) is 18.2 Å². The first-order valence-corrected chi connectivity index (χ1v) is 9.75. The van der Waals surface area contributed by atoms with Crippen LogP contribution in [0.3, 0.4) is 0 Å². The van der Waals surface area contributed by atoms with Gasteiger partial charge in [-0.05, 0) is 70.3 Å². The second-order valence-electron chi connectivity index (χ2n) is 8.37. The molecule has 1 fully saturated rings. The Labute approximate surface area is 166 Å². The monoisotopic (exact) mass is 390 g/mol. The van der Waals surface area contributed by atoms with E-state index in [0.29, 0.717) is 6.42 Å². The number of piperidine rings is 1. The van der Waals surface area contributed by atoms with Gasteiger partial charge in [0.15, 0.2) is 0 Å². The van der Waals surface area contributed by atoms with E-state index < -0.39 is 11.7 Å². The summed E-state index contributed by atoms with van der Waals surface area (Å²) in [4.78, 5) is 27.2. The number of ether oxygens (including phenoxy) is 3. The molecule has 3 rings (SSSR count). The van der Waals surface area contributed by atoms with Gasteiger partial charge >= 0.3 is 12.1 Å². The number of hydrogen-bond donors (Lipinski definition) is 1. The summed E-state index contributed by atoms with van der Waals surface area (Å²) < 4.78 is 16.1. The number of hydrogen-bond acceptors (Lipinski definition) is 6. The van der Waals surface area contributed by atoms with Gasteiger partial charge in [0, 0.05) is 6.04 Å². The third-order valence-corrected chi connectivity index (χ3v) is 5.32. The molecule has 2 aliphatic rings. The van der Waals surface area contributed by atoms with Gasteiger partial charge in [-0.1, -0.05) is 0 Å². The lowest BCUT2D eigenvalue weighted by atomic mass is 9.85. The van der Waals surface area contributed by atoms with Crippen LogP contribution in [0.5, 0.6) is 5.75 Å². The largest absolute Gasteiger partial charge is 0.497 e. The fourth-order valence-electron chi connectivity index (χ4n) is 4.15. The van der Waals surface area contributed by atoms with Crippen molar-refractivity contribution in [2.75, 3.05) is 25.7 Å². The minimum absolute atomic E-state index is 0.202. The highest BCUT2D eigenvalue weighted by atomic mass is 16.6. The molecular formula is C21H30N2O5. The molecule has 1 N–H and O–H groups in total. The van der Waals surface area contributed by atoms with E-state index >= 15 is 0 Å². The molecule has 1 saturated heterocycles. The van der Waals surface area contributed by atoms with Crippen molar-refractivity contribution in [3.8, 4) is 5.75 Å². The molecule has 154 valence electrons. The van der Waals surface area contributed by atoms with E-state index in [1.54, 1.807) is 12.0 Å². The molecule has 1 aromatic carbocycles. The molecule has 3 atom stereocenters. The first kappa shape index (κ1) is 20.5. The quantitative estimate of drug-likeness (QED) is 0.800. The smallest absolute Gasteiger partial charge is 0.415 e. The van der Waals surface area contributed by atoms with E-state index in [4.69, 9.17) is 14.2 Å². The van der Waals surface area contributed by atoms with Crippen molar-refractivity contribution in [1.29, 1.82) is 0 Å². The summed E-state index contributed by atoms with van der Waals surface area (Å²) in [6, 6.07) is 5.23. The van der Waals surface area contributed by atoms with Crippen molar-refractivity contribution in [2.24, 2.45) is 5.92 Å². The Hall–Kier alpha value is -2.28. The maximum absolute atomic E-state index is 13.1. The molecule has 0 aromatic heterocycles. The molecule has 1 amide bonds. The number of carbonyl (C=O) groups is 2. The number of methoxy groups -OCH3 is 2. The molecule has 1 aromatic rings. The fourth-order valence-corrected chi connectivity index (χ4v) is 4.15. The standard InChI is InChI=1S/C21H30N2O5/c1-21(2,3)28-20(25)23-16-9-8-14(26-4)11-13(16)12-17(23)18-15(19(24)27-5)7-6-10-22-18/h8-9,11,15,17-18,22H,6-7,10,12H2,1-5H3. The van der Waals surface area contributed by atoms with Gasteiger partial charge in [-0.3, -0.25) is 9.69 Å². The number of amides is 1. The zero-order valence-electron chi connectivity index (χ0n) is 17.3. The van der Waals surface area contributed by atoms with Crippen LogP contribution in [-0.4, -0.2) is 50.5 Å². The summed E-state index contributed by atoms with van der Waals surface area (Å²) in [5, 5.41) is 3.46. The molecule has 2 aliphatic heterocycles. The van der Waals surface area contributed by atoms with Crippen LogP contribution in [0.4, 0.5) is 10.5 Å². The molecule has 0 aliphatic carbocycles. The highest BCUT2D eigenvalue weighted by Gasteiger charge is 2.46. The summed E-state index contributed by atoms with van der Waals surface area (Å²) in [5.41, 5.74) is 1.20. The number of anilines is 1. The Bertz CT molecular complexity index is 743. The maximum Gasteiger partial charge on any atom is 0.415 e. The predicted octanol–water partition coefficient (Wildman–Crippen LogP) is 2.90. The fraction of sp³-hybridized carbons (Fsp3) is 0.619. The van der Waals surface area contributed by atoms with E-state index in [1.807, 2.05) is 39.0 Å². The lowest BCUT2D eigenvalue weighted by molar-refractivity contribution is -0.147. The van der Waals surface area contributed by atoms with E-state index in [-0.39, 0.29) is 24.0 Å². The minimum Gasteiger partial charge on any atom is -0.497 e. The summed E-state index contributed by atoms with van der Waals surface area (Å²) >= 11 is 0. The van der Waals surface area contributed by atoms with Crippen LogP contribution in [0.2, 0.25) is 0 Å². The zero-order valence-corrected chi connectivity index (χ0v) is 17.3. The molecule has 28 heavy (non-hydrogen) atoms. The molecular weight excluding hydrogens is 360 g/mol. The van der Waals surface area contributed by atoms with Crippen molar-refractivity contribution < 1.29 is 23.8 Å². The van der Waals surface area contributed by atoms with Gasteiger partial charge in [-0.2, -0.15) is 0 Å². The van der Waals surface area contributed by atoms with E-state index in [0.717, 1.165) is 36.4 Å². The van der Waals surface area contributed by atoms with E-state index in [2.05, 4.69) is 5.32 Å². The van der Waals surface area contributed by atoms with Crippen molar-refractivity contribution in [2.45, 2.75) is 57.7 Å². The van der Waals surface area contributed by atoms with Gasteiger partial charge in [-0.25, -0.2) is 4.79 Å². The second-order valence-corrected chi connectivity index (χ2v) is 8.37. The normalized spacial score (nSPS) is 24.5. The Morgan fingerprint density at radius 1 is 1.21 bits per heavy atom. The van der Waals surface area contributed by atoms with Crippen LogP contribution in [-0.2, 0) is 20.7 Å². The van der Waals surface area contributed by atoms with Crippen LogP contribution in [0, 0.1) is 5.92 Å². The molecule has 0 radical (unpaired) electrons. The van der Waals surface area contributed by atoms with Crippen molar-refractivity contribution in [3.05, 3.63) is 23.8 Å². The van der Waals surface area contributed by atoms with Crippen molar-refractivity contribution in [1.82, 2.24) is 5.32 Å². The summed E-state index contributed by atoms with van der Waals surface area (Å²) in [6.45, 7) is 6.35. The van der Waals surface area contributed by atoms with Gasteiger partial charge in [0.05, 0.1) is 31.9 Å². The van der Waals surface area contributed by atoms with E-state index in [1.165, 1.54) is 7.11 Å². The van der Waals surface area contributed by atoms with Crippen molar-refractivity contribution in [3.63, 3.8) is 0 Å². The number of fused-ring (bicyclic) bond motifs is 1. The number of rotatable bonds is 3. The summed E-state index contributed by atoms with van der Waals surface area (Å²) in [6.07, 6.45) is 1.85. The van der Waals surface area contributed by atoms with Crippen LogP contribution < -0.4 is 15.0 Å². The Kier molecular flexibility index (Phi) is 5.84. The number of nitrogens with one attached hydrogen (secondary N) is 1. The van der Waals surface area contributed by atoms with Gasteiger partial charge in [0.25, 0.3) is 0 Å². The highest BCUT2D eigenvalue weighted by molar-refractivity contribution is 5.92. The van der Waals surface area contributed by atoms with Gasteiger partial charge in [-0.15, -0.1) is 0 Å². The molecule has 3 unspecified atom stereocenters. The zero-order chi connectivity index (χ0) is 20.5. The number of nitrogens with zero attached hydrogens (tertiary/aromatic N) is 1. The average molecular weight is 390 g/mol. The highest BCUT2D eigenvalue weighted by Crippen LogP contribution is 2.39. The lowest BCUT2D eigenvalue weighted by Gasteiger charge is -2.39. The van der Waals surface area contributed by atoms with Gasteiger partial charge in [0.2, 0.25) is 0 Å². The Morgan fingerprint density at radius 3 is 2.61 bits per heavy atom. The third kappa shape index (κ3) is 4.09. The SMILES string of the molecule is COC(=O)C1CCCNC1C1Cc2cc(OC)ccc2N1C(=O)OC(C)(C)C. The Morgan fingerprint density at radius 2 is 1.96 bits per heavy atom. The van der Waals surface area contributed by atoms with Crippen LogP contribution in [0.1, 0.15) is 39.2 Å². The number of esters is 1. The molecule has 7 heteroatoms. The lowest BCUT2D eigenvalue weighted by Crippen LogP contribution is -2.58. The summed E-state index contributed by atoms with van der Waals surface area (Å²) in [5.74, 6) is 0.199. The van der Waals surface area contributed by atoms with Crippen LogP contribution in [0.25, 0.3) is 0 Å². The van der Waals surface area contributed by atoms with Gasteiger partial charge in [0.1, 0.15) is 11.4 Å². The predicted molar refractivity (Wildman–Crippen MR) is 106 cm³/mol. The first-order valence-electron chi connectivity index (χ1n) is 9.75. The second kappa shape index (κ2) is 7.99. The molecule has 2 heterocycles. The molecule has 0 spiro atoms. The molecule has 7 nitrogen and oxygen atoms in total. The summed E-state index contributed by atoms with van der Waals surface area (Å²) in [7, 11) is 3.03. The van der Waals surface area contributed by atoms with Crippen molar-refractivity contribution >= 4 is 17.7 Å². The average Bonchev–Trinajstić information content (AvgIpc) is 3.04. The number of carbonyl (C=O) groups excluding carboxylic acids is 2. The van der Waals surface area contributed by atoms with Crippen LogP contribution >= 0.6 is 0 Å². The third-order valence-electron chi connectivity index (χ3n) is 5.32. The molecule has 0 saturated carbocycles. The number of benzene rings is 1. The van der Waals surface area contributed by atoms with Gasteiger partial charge < -0.3 is 19.5 Å².